The van der Waals surface area contributed by atoms with Gasteiger partial charge in [0.25, 0.3) is 0 Å². The van der Waals surface area contributed by atoms with Crippen LogP contribution in [0.25, 0.3) is 22.3 Å². The molecule has 0 unspecified atom stereocenters. The maximum atomic E-state index is 12.5. The Labute approximate surface area is 162 Å². The van der Waals surface area contributed by atoms with Gasteiger partial charge in [0, 0.05) is 5.57 Å². The molecule has 0 radical (unpaired) electrons. The molecule has 2 amide bonds. The van der Waals surface area contributed by atoms with Crippen molar-refractivity contribution in [1.29, 1.82) is 0 Å². The predicted octanol–water partition coefficient (Wildman–Crippen LogP) is 4.49. The molecule has 4 aromatic rings. The Morgan fingerprint density at radius 2 is 1.46 bits per heavy atom. The zero-order valence-electron chi connectivity index (χ0n) is 15.0. The van der Waals surface area contributed by atoms with Gasteiger partial charge in [-0.15, -0.1) is 0 Å². The second-order valence-corrected chi connectivity index (χ2v) is 6.70. The highest BCUT2D eigenvalue weighted by Gasteiger charge is 2.31. The quantitative estimate of drug-likeness (QED) is 0.500. The number of fused-ring (bicyclic) bond motifs is 1. The fourth-order valence-corrected chi connectivity index (χ4v) is 3.63. The van der Waals surface area contributed by atoms with E-state index < -0.39 is 0 Å². The van der Waals surface area contributed by atoms with Crippen LogP contribution in [0.1, 0.15) is 23.0 Å². The monoisotopic (exact) mass is 366 g/mol. The third-order valence-electron chi connectivity index (χ3n) is 4.91. The molecule has 1 aliphatic heterocycles. The molecule has 28 heavy (non-hydrogen) atoms. The van der Waals surface area contributed by atoms with Crippen molar-refractivity contribution < 1.29 is 4.79 Å². The summed E-state index contributed by atoms with van der Waals surface area (Å²) in [6, 6.07) is 27.2. The molecule has 0 aliphatic carbocycles. The number of urea groups is 1. The van der Waals surface area contributed by atoms with Crippen LogP contribution in [0.2, 0.25) is 0 Å². The molecule has 0 spiro atoms. The average Bonchev–Trinajstić information content (AvgIpc) is 3.18. The third-order valence-corrected chi connectivity index (χ3v) is 4.91. The van der Waals surface area contributed by atoms with Gasteiger partial charge in [0.15, 0.2) is 0 Å². The Balaban J connectivity index is 1.78. The van der Waals surface area contributed by atoms with Crippen molar-refractivity contribution in [2.75, 3.05) is 0 Å². The van der Waals surface area contributed by atoms with Crippen molar-refractivity contribution in [3.63, 3.8) is 0 Å². The van der Waals surface area contributed by atoms with Crippen molar-refractivity contribution >= 4 is 28.3 Å². The maximum absolute atomic E-state index is 12.5. The first kappa shape index (κ1) is 16.3. The zero-order valence-corrected chi connectivity index (χ0v) is 15.0. The SMILES string of the molecule is O=C1NC(c2ccccc2)=C(c2nc3ccccc3[nH]2)[C@@H](c2ccccc2)N1. The first-order valence-corrected chi connectivity index (χ1v) is 9.17. The second-order valence-electron chi connectivity index (χ2n) is 6.70. The van der Waals surface area contributed by atoms with E-state index in [4.69, 9.17) is 4.98 Å². The number of para-hydroxylation sites is 2. The number of aromatic nitrogens is 2. The van der Waals surface area contributed by atoms with E-state index in [0.29, 0.717) is 0 Å². The van der Waals surface area contributed by atoms with Crippen molar-refractivity contribution in [2.24, 2.45) is 0 Å². The largest absolute Gasteiger partial charge is 0.338 e. The summed E-state index contributed by atoms with van der Waals surface area (Å²) >= 11 is 0. The minimum atomic E-state index is -0.314. The van der Waals surface area contributed by atoms with Crippen LogP contribution in [0.4, 0.5) is 4.79 Å². The lowest BCUT2D eigenvalue weighted by Crippen LogP contribution is -2.43. The van der Waals surface area contributed by atoms with Gasteiger partial charge in [0.05, 0.1) is 22.8 Å². The maximum Gasteiger partial charge on any atom is 0.320 e. The summed E-state index contributed by atoms with van der Waals surface area (Å²) in [6.07, 6.45) is 0. The third kappa shape index (κ3) is 2.83. The van der Waals surface area contributed by atoms with Gasteiger partial charge in [-0.05, 0) is 23.3 Å². The highest BCUT2D eigenvalue weighted by atomic mass is 16.2. The number of benzene rings is 3. The van der Waals surface area contributed by atoms with Gasteiger partial charge in [-0.2, -0.15) is 0 Å². The summed E-state index contributed by atoms with van der Waals surface area (Å²) in [7, 11) is 0. The van der Waals surface area contributed by atoms with Crippen LogP contribution >= 0.6 is 0 Å². The number of nitrogens with zero attached hydrogens (tertiary/aromatic N) is 1. The number of nitrogens with one attached hydrogen (secondary N) is 3. The fourth-order valence-electron chi connectivity index (χ4n) is 3.63. The van der Waals surface area contributed by atoms with E-state index in [-0.39, 0.29) is 12.1 Å². The molecule has 5 heteroatoms. The average molecular weight is 366 g/mol. The Bertz CT molecular complexity index is 1150. The Hall–Kier alpha value is -3.86. The number of aromatic amines is 1. The van der Waals surface area contributed by atoms with Crippen LogP contribution in [0.15, 0.2) is 84.9 Å². The summed E-state index contributed by atoms with van der Waals surface area (Å²) in [4.78, 5) is 20.7. The van der Waals surface area contributed by atoms with Gasteiger partial charge in [-0.25, -0.2) is 9.78 Å². The number of imidazole rings is 1. The van der Waals surface area contributed by atoms with Crippen molar-refractivity contribution in [2.45, 2.75) is 6.04 Å². The number of carbonyl (C=O) groups excluding carboxylic acids is 1. The first-order valence-electron chi connectivity index (χ1n) is 9.17. The Morgan fingerprint density at radius 3 is 2.21 bits per heavy atom. The molecule has 5 nitrogen and oxygen atoms in total. The molecule has 1 aromatic heterocycles. The molecule has 0 saturated carbocycles. The molecular formula is C23H18N4O. The smallest absolute Gasteiger partial charge is 0.320 e. The molecule has 1 atom stereocenters. The van der Waals surface area contributed by atoms with E-state index in [2.05, 4.69) is 15.6 Å². The van der Waals surface area contributed by atoms with Crippen LogP contribution < -0.4 is 10.6 Å². The molecule has 1 aliphatic rings. The standard InChI is InChI=1S/C23H18N4O/c28-23-26-20(15-9-3-1-4-10-15)19(21(27-23)16-11-5-2-6-12-16)22-24-17-13-7-8-14-18(17)25-22/h1-14,20H,(H,24,25)(H2,26,27,28)/t20-/m1/s1. The lowest BCUT2D eigenvalue weighted by atomic mass is 9.92. The second kappa shape index (κ2) is 6.70. The lowest BCUT2D eigenvalue weighted by Gasteiger charge is -2.30. The van der Waals surface area contributed by atoms with Gasteiger partial charge < -0.3 is 15.6 Å². The van der Waals surface area contributed by atoms with E-state index >= 15 is 0 Å². The van der Waals surface area contributed by atoms with Crippen LogP contribution in [0, 0.1) is 0 Å². The van der Waals surface area contributed by atoms with Gasteiger partial charge >= 0.3 is 6.03 Å². The zero-order chi connectivity index (χ0) is 18.9. The summed E-state index contributed by atoms with van der Waals surface area (Å²) < 4.78 is 0. The van der Waals surface area contributed by atoms with Crippen LogP contribution in [0.5, 0.6) is 0 Å². The van der Waals surface area contributed by atoms with Gasteiger partial charge in [-0.1, -0.05) is 72.8 Å². The van der Waals surface area contributed by atoms with Crippen molar-refractivity contribution in [3.8, 4) is 0 Å². The van der Waals surface area contributed by atoms with E-state index in [1.54, 1.807) is 0 Å². The molecule has 3 aromatic carbocycles. The van der Waals surface area contributed by atoms with E-state index in [1.807, 2.05) is 84.9 Å². The Kier molecular flexibility index (Phi) is 3.91. The molecule has 0 saturated heterocycles. The fraction of sp³-hybridized carbons (Fsp3) is 0.0435. The van der Waals surface area contributed by atoms with Crippen LogP contribution in [-0.2, 0) is 0 Å². The topological polar surface area (TPSA) is 69.8 Å². The molecule has 0 fully saturated rings. The number of H-pyrrole nitrogens is 1. The lowest BCUT2D eigenvalue weighted by molar-refractivity contribution is 0.242. The molecule has 2 heterocycles. The molecule has 0 bridgehead atoms. The number of rotatable bonds is 3. The number of amides is 2. The van der Waals surface area contributed by atoms with Gasteiger partial charge in [0.2, 0.25) is 0 Å². The first-order chi connectivity index (χ1) is 13.8. The van der Waals surface area contributed by atoms with Crippen molar-refractivity contribution in [1.82, 2.24) is 20.6 Å². The minimum Gasteiger partial charge on any atom is -0.338 e. The van der Waals surface area contributed by atoms with Crippen LogP contribution in [-0.4, -0.2) is 16.0 Å². The summed E-state index contributed by atoms with van der Waals surface area (Å²) in [5, 5.41) is 6.05. The number of hydrogen-bond donors (Lipinski definition) is 3. The van der Waals surface area contributed by atoms with Crippen molar-refractivity contribution in [3.05, 3.63) is 102 Å². The molecule has 3 N–H and O–H groups in total. The molecule has 136 valence electrons. The summed E-state index contributed by atoms with van der Waals surface area (Å²) in [5.41, 5.74) is 5.46. The highest BCUT2D eigenvalue weighted by Crippen LogP contribution is 2.37. The summed E-state index contributed by atoms with van der Waals surface area (Å²) in [6.45, 7) is 0. The van der Waals surface area contributed by atoms with Gasteiger partial charge in [-0.3, -0.25) is 0 Å². The molecular weight excluding hydrogens is 348 g/mol. The predicted molar refractivity (Wildman–Crippen MR) is 110 cm³/mol. The van der Waals surface area contributed by atoms with E-state index in [0.717, 1.165) is 39.3 Å². The number of hydrogen-bond acceptors (Lipinski definition) is 2. The normalized spacial score (nSPS) is 16.7. The number of carbonyl (C=O) groups is 1. The van der Waals surface area contributed by atoms with E-state index in [1.165, 1.54) is 0 Å². The van der Waals surface area contributed by atoms with Gasteiger partial charge in [0.1, 0.15) is 5.82 Å². The highest BCUT2D eigenvalue weighted by molar-refractivity contribution is 6.02. The Morgan fingerprint density at radius 1 is 0.786 bits per heavy atom. The molecule has 5 rings (SSSR count). The van der Waals surface area contributed by atoms with Crippen LogP contribution in [0.3, 0.4) is 0 Å². The summed E-state index contributed by atoms with van der Waals surface area (Å²) in [5.74, 6) is 0.737. The van der Waals surface area contributed by atoms with E-state index in [9.17, 15) is 4.79 Å². The minimum absolute atomic E-state index is 0.229.